The van der Waals surface area contributed by atoms with Gasteiger partial charge in [0.05, 0.1) is 5.41 Å². The first-order valence-corrected chi connectivity index (χ1v) is 16.7. The van der Waals surface area contributed by atoms with Gasteiger partial charge in [-0.25, -0.2) is 52.7 Å². The van der Waals surface area contributed by atoms with Crippen LogP contribution in [0, 0.1) is 69.8 Å². The fourth-order valence-corrected chi connectivity index (χ4v) is 7.87. The minimum atomic E-state index is -4.88. The van der Waals surface area contributed by atoms with Crippen molar-refractivity contribution in [1.29, 1.82) is 0 Å². The van der Waals surface area contributed by atoms with Gasteiger partial charge < -0.3 is 0 Å². The largest absolute Gasteiger partial charge is 0.207 e. The maximum Gasteiger partial charge on any atom is 0.191 e. The van der Waals surface area contributed by atoms with Crippen LogP contribution in [0.1, 0.15) is 22.3 Å². The van der Waals surface area contributed by atoms with Gasteiger partial charge in [0.1, 0.15) is 29.4 Å². The van der Waals surface area contributed by atoms with Crippen molar-refractivity contribution >= 4 is 28.0 Å². The van der Waals surface area contributed by atoms with Crippen LogP contribution in [0.3, 0.4) is 0 Å². The number of hydrogen-bond donors (Lipinski definition) is 0. The lowest BCUT2D eigenvalue weighted by Gasteiger charge is -2.46. The van der Waals surface area contributed by atoms with E-state index in [-0.39, 0.29) is 34.9 Å². The SMILES string of the molecule is Fc1ccc([B-](c2ccc(F)c(F)c2F)(c2ccc(F)c(F)c2F)c2cc(C(c3ccccc3)(c3ccccc3)c3ccccc3)c(F)c(F)c2F)c(F)c1F. The Kier molecular flexibility index (Phi) is 9.82. The molecule has 0 saturated heterocycles. The number of halogens is 12. The maximum atomic E-state index is 17.1. The van der Waals surface area contributed by atoms with Crippen molar-refractivity contribution in [1.82, 2.24) is 0 Å². The van der Waals surface area contributed by atoms with Crippen LogP contribution in [0.5, 0.6) is 0 Å². The van der Waals surface area contributed by atoms with E-state index in [4.69, 9.17) is 0 Å². The average molecular weight is 777 g/mol. The van der Waals surface area contributed by atoms with Crippen molar-refractivity contribution in [3.05, 3.63) is 226 Å². The predicted molar refractivity (Wildman–Crippen MR) is 188 cm³/mol. The molecule has 0 nitrogen and oxygen atoms in total. The van der Waals surface area contributed by atoms with Crippen LogP contribution in [0.4, 0.5) is 52.7 Å². The summed E-state index contributed by atoms with van der Waals surface area (Å²) in [5.41, 5.74) is -8.17. The van der Waals surface area contributed by atoms with Crippen LogP contribution in [0.2, 0.25) is 0 Å². The zero-order valence-corrected chi connectivity index (χ0v) is 28.3. The Morgan fingerprint density at radius 3 is 0.911 bits per heavy atom. The summed E-state index contributed by atoms with van der Waals surface area (Å²) in [4.78, 5) is 0. The summed E-state index contributed by atoms with van der Waals surface area (Å²) in [6.45, 7) is 0. The van der Waals surface area contributed by atoms with Crippen molar-refractivity contribution in [2.24, 2.45) is 0 Å². The Hall–Kier alpha value is -6.24. The van der Waals surface area contributed by atoms with E-state index in [0.29, 0.717) is 24.3 Å². The van der Waals surface area contributed by atoms with Gasteiger partial charge in [-0.3, -0.25) is 0 Å². The van der Waals surface area contributed by atoms with Crippen LogP contribution in [-0.4, -0.2) is 6.15 Å². The zero-order chi connectivity index (χ0) is 40.1. The van der Waals surface area contributed by atoms with Gasteiger partial charge in [0.15, 0.2) is 46.5 Å². The fourth-order valence-electron chi connectivity index (χ4n) is 7.87. The molecule has 0 saturated carbocycles. The molecular weight excluding hydrogens is 755 g/mol. The van der Waals surface area contributed by atoms with E-state index in [2.05, 4.69) is 0 Å². The summed E-state index contributed by atoms with van der Waals surface area (Å²) in [5, 5.41) is 0. The smallest absolute Gasteiger partial charge is 0.191 e. The van der Waals surface area contributed by atoms with Crippen molar-refractivity contribution in [3.63, 3.8) is 0 Å². The molecule has 0 aliphatic rings. The van der Waals surface area contributed by atoms with Crippen molar-refractivity contribution < 1.29 is 52.7 Å². The molecule has 0 N–H and O–H groups in total. The topological polar surface area (TPSA) is 0 Å². The molecule has 13 heteroatoms. The third-order valence-electron chi connectivity index (χ3n) is 10.3. The molecule has 282 valence electrons. The van der Waals surface area contributed by atoms with E-state index in [9.17, 15) is 13.2 Å². The molecule has 0 spiro atoms. The summed E-state index contributed by atoms with van der Waals surface area (Å²) in [5.74, 6) is -26.2. The molecule has 0 heterocycles. The maximum absolute atomic E-state index is 17.1. The standard InChI is InChI=1S/C43H22BF12/c45-31-19-16-27(35(49)39(31)53)44(28-17-20-32(46)40(54)36(28)50,29-18-21-33(47)41(55)37(29)51)30-22-26(34(48)42(56)38(30)52)43(23-10-4-1-5-11-23,24-12-6-2-7-13-24)25-14-8-3-9-15-25/h1-22H/q-1. The molecule has 0 radical (unpaired) electrons. The van der Waals surface area contributed by atoms with Gasteiger partial charge in [0.2, 0.25) is 0 Å². The van der Waals surface area contributed by atoms with Crippen LogP contribution in [-0.2, 0) is 5.41 Å². The molecule has 7 rings (SSSR count). The first-order chi connectivity index (χ1) is 26.8. The second-order valence-electron chi connectivity index (χ2n) is 13.0. The Bertz CT molecular complexity index is 2380. The van der Waals surface area contributed by atoms with Crippen LogP contribution in [0.15, 0.2) is 133 Å². The first kappa shape index (κ1) is 38.1. The van der Waals surface area contributed by atoms with Crippen molar-refractivity contribution in [2.75, 3.05) is 0 Å². The lowest BCUT2D eigenvalue weighted by Crippen LogP contribution is -2.78. The molecular formula is C43H22BF12-. The Balaban J connectivity index is 1.80. The molecule has 0 aliphatic carbocycles. The van der Waals surface area contributed by atoms with Gasteiger partial charge in [-0.05, 0) is 34.9 Å². The van der Waals surface area contributed by atoms with E-state index < -0.39 is 109 Å². The monoisotopic (exact) mass is 777 g/mol. The van der Waals surface area contributed by atoms with E-state index in [1.807, 2.05) is 0 Å². The Labute approximate surface area is 311 Å². The highest BCUT2D eigenvalue weighted by Gasteiger charge is 2.47. The fraction of sp³-hybridized carbons (Fsp3) is 0.0233. The minimum Gasteiger partial charge on any atom is -0.207 e. The van der Waals surface area contributed by atoms with E-state index >= 15 is 39.5 Å². The van der Waals surface area contributed by atoms with E-state index in [1.54, 1.807) is 18.2 Å². The summed E-state index contributed by atoms with van der Waals surface area (Å²) in [6.07, 6.45) is -4.88. The highest BCUT2D eigenvalue weighted by molar-refractivity contribution is 7.20. The highest BCUT2D eigenvalue weighted by atomic mass is 19.2. The third kappa shape index (κ3) is 5.58. The average Bonchev–Trinajstić information content (AvgIpc) is 3.21. The van der Waals surface area contributed by atoms with Gasteiger partial charge in [-0.15, -0.1) is 0 Å². The van der Waals surface area contributed by atoms with Gasteiger partial charge >= 0.3 is 0 Å². The number of hydrogen-bond acceptors (Lipinski definition) is 0. The minimum absolute atomic E-state index is 0.184. The zero-order valence-electron chi connectivity index (χ0n) is 28.3. The lowest BCUT2D eigenvalue weighted by molar-refractivity contribution is 0.437. The second kappa shape index (κ2) is 14.4. The second-order valence-corrected chi connectivity index (χ2v) is 13.0. The third-order valence-corrected chi connectivity index (χ3v) is 10.3. The van der Waals surface area contributed by atoms with Gasteiger partial charge in [-0.2, -0.15) is 21.9 Å². The number of rotatable bonds is 8. The molecule has 0 fully saturated rings. The first-order valence-electron chi connectivity index (χ1n) is 16.7. The van der Waals surface area contributed by atoms with Gasteiger partial charge in [0.25, 0.3) is 0 Å². The molecule has 0 bridgehead atoms. The molecule has 7 aromatic rings. The Morgan fingerprint density at radius 2 is 0.589 bits per heavy atom. The van der Waals surface area contributed by atoms with E-state index in [1.165, 1.54) is 72.8 Å². The van der Waals surface area contributed by atoms with Crippen LogP contribution < -0.4 is 21.9 Å². The molecule has 0 atom stereocenters. The summed E-state index contributed by atoms with van der Waals surface area (Å²) >= 11 is 0. The van der Waals surface area contributed by atoms with Crippen molar-refractivity contribution in [2.45, 2.75) is 5.41 Å². The lowest BCUT2D eigenvalue weighted by atomic mass is 9.12. The predicted octanol–water partition coefficient (Wildman–Crippen LogP) is 9.12. The van der Waals surface area contributed by atoms with Crippen LogP contribution in [0.25, 0.3) is 0 Å². The summed E-state index contributed by atoms with van der Waals surface area (Å²) in [7, 11) is 0. The number of benzene rings is 7. The highest BCUT2D eigenvalue weighted by Crippen LogP contribution is 2.46. The Morgan fingerprint density at radius 1 is 0.286 bits per heavy atom. The van der Waals surface area contributed by atoms with E-state index in [0.717, 1.165) is 0 Å². The summed E-state index contributed by atoms with van der Waals surface area (Å²) in [6, 6.07) is 25.2. The van der Waals surface area contributed by atoms with Crippen LogP contribution >= 0.6 is 0 Å². The molecule has 7 aromatic carbocycles. The van der Waals surface area contributed by atoms with Crippen molar-refractivity contribution in [3.8, 4) is 0 Å². The molecule has 0 unspecified atom stereocenters. The summed E-state index contributed by atoms with van der Waals surface area (Å²) < 4.78 is 190. The van der Waals surface area contributed by atoms with Gasteiger partial charge in [-0.1, -0.05) is 115 Å². The molecule has 0 aromatic heterocycles. The quantitative estimate of drug-likeness (QED) is 0.0626. The molecule has 0 amide bonds. The van der Waals surface area contributed by atoms with Gasteiger partial charge in [0, 0.05) is 5.56 Å². The molecule has 56 heavy (non-hydrogen) atoms. The normalized spacial score (nSPS) is 11.9. The molecule has 0 aliphatic heterocycles.